The molecule has 2 N–H and O–H groups in total. The number of fused-ring (bicyclic) bond motifs is 1. The fraction of sp³-hybridized carbons (Fsp3) is 0.130. The predicted molar refractivity (Wildman–Crippen MR) is 112 cm³/mol. The largest absolute Gasteiger partial charge is 0.497 e. The number of hydrogen-bond acceptors (Lipinski definition) is 3. The molecule has 3 aromatic carbocycles. The highest BCUT2D eigenvalue weighted by molar-refractivity contribution is 5.93. The number of anilines is 1. The van der Waals surface area contributed by atoms with Gasteiger partial charge in [-0.05, 0) is 54.4 Å². The number of nitrogens with one attached hydrogen (secondary N) is 2. The molecule has 140 valence electrons. The summed E-state index contributed by atoms with van der Waals surface area (Å²) in [4.78, 5) is 20.4. The summed E-state index contributed by atoms with van der Waals surface area (Å²) in [6.45, 7) is 2.05. The molecule has 1 heterocycles. The van der Waals surface area contributed by atoms with Crippen molar-refractivity contribution in [3.8, 4) is 17.1 Å². The predicted octanol–water partition coefficient (Wildman–Crippen LogP) is 4.73. The van der Waals surface area contributed by atoms with Crippen LogP contribution < -0.4 is 10.1 Å². The molecule has 1 amide bonds. The Morgan fingerprint density at radius 2 is 1.89 bits per heavy atom. The number of rotatable bonds is 5. The van der Waals surface area contributed by atoms with E-state index in [4.69, 9.17) is 4.74 Å². The molecule has 0 saturated carbocycles. The van der Waals surface area contributed by atoms with E-state index >= 15 is 0 Å². The van der Waals surface area contributed by atoms with Crippen molar-refractivity contribution in [3.63, 3.8) is 0 Å². The molecule has 0 aliphatic heterocycles. The summed E-state index contributed by atoms with van der Waals surface area (Å²) in [7, 11) is 1.62. The zero-order chi connectivity index (χ0) is 19.5. The number of methoxy groups -OCH3 is 1. The quantitative estimate of drug-likeness (QED) is 0.533. The van der Waals surface area contributed by atoms with Crippen LogP contribution in [-0.4, -0.2) is 23.0 Å². The number of nitrogens with zero attached hydrogens (tertiary/aromatic N) is 1. The highest BCUT2D eigenvalue weighted by Crippen LogP contribution is 2.24. The van der Waals surface area contributed by atoms with Crippen molar-refractivity contribution < 1.29 is 9.53 Å². The number of amides is 1. The number of hydrogen-bond donors (Lipinski definition) is 2. The molecule has 5 heteroatoms. The lowest BCUT2D eigenvalue weighted by Gasteiger charge is -2.07. The van der Waals surface area contributed by atoms with E-state index in [9.17, 15) is 4.79 Å². The molecule has 0 atom stereocenters. The van der Waals surface area contributed by atoms with Crippen molar-refractivity contribution in [1.82, 2.24) is 9.97 Å². The minimum absolute atomic E-state index is 0.0671. The summed E-state index contributed by atoms with van der Waals surface area (Å²) in [5.74, 6) is 1.49. The number of carbonyl (C=O) groups is 1. The van der Waals surface area contributed by atoms with E-state index in [1.54, 1.807) is 7.11 Å². The molecular weight excluding hydrogens is 350 g/mol. The molecule has 5 nitrogen and oxygen atoms in total. The van der Waals surface area contributed by atoms with E-state index in [-0.39, 0.29) is 5.91 Å². The van der Waals surface area contributed by atoms with Crippen LogP contribution in [0.3, 0.4) is 0 Å². The normalized spacial score (nSPS) is 10.8. The summed E-state index contributed by atoms with van der Waals surface area (Å²) in [6, 6.07) is 21.3. The number of aromatic nitrogens is 2. The van der Waals surface area contributed by atoms with Crippen molar-refractivity contribution in [1.29, 1.82) is 0 Å². The maximum Gasteiger partial charge on any atom is 0.228 e. The van der Waals surface area contributed by atoms with Gasteiger partial charge >= 0.3 is 0 Å². The van der Waals surface area contributed by atoms with Crippen LogP contribution in [0.1, 0.15) is 11.1 Å². The Kier molecular flexibility index (Phi) is 4.81. The van der Waals surface area contributed by atoms with E-state index in [1.807, 2.05) is 60.7 Å². The third-order valence-electron chi connectivity index (χ3n) is 4.58. The van der Waals surface area contributed by atoms with E-state index in [2.05, 4.69) is 28.3 Å². The maximum atomic E-state index is 12.4. The van der Waals surface area contributed by atoms with E-state index in [1.165, 1.54) is 5.56 Å². The first-order chi connectivity index (χ1) is 13.6. The molecule has 0 spiro atoms. The van der Waals surface area contributed by atoms with Crippen molar-refractivity contribution in [2.45, 2.75) is 13.3 Å². The zero-order valence-corrected chi connectivity index (χ0v) is 15.8. The molecular formula is C23H21N3O2. The lowest BCUT2D eigenvalue weighted by Crippen LogP contribution is -2.14. The molecule has 1 aromatic heterocycles. The number of carbonyl (C=O) groups excluding carboxylic acids is 1. The van der Waals surface area contributed by atoms with Gasteiger partial charge in [-0.15, -0.1) is 0 Å². The molecule has 4 aromatic rings. The zero-order valence-electron chi connectivity index (χ0n) is 15.8. The van der Waals surface area contributed by atoms with Crippen LogP contribution in [0.5, 0.6) is 5.75 Å². The van der Waals surface area contributed by atoms with E-state index in [0.29, 0.717) is 6.42 Å². The number of aromatic amines is 1. The van der Waals surface area contributed by atoms with Crippen molar-refractivity contribution >= 4 is 22.6 Å². The SMILES string of the molecule is COc1ccc(CC(=O)Nc2cccc(-c3nc4ccc(C)cc4[nH]3)c2)cc1. The monoisotopic (exact) mass is 371 g/mol. The highest BCUT2D eigenvalue weighted by Gasteiger charge is 2.08. The Bertz CT molecular complexity index is 1130. The van der Waals surface area contributed by atoms with Crippen LogP contribution in [0.15, 0.2) is 66.7 Å². The molecule has 0 bridgehead atoms. The van der Waals surface area contributed by atoms with Crippen LogP contribution in [0.4, 0.5) is 5.69 Å². The third kappa shape index (κ3) is 3.88. The first-order valence-electron chi connectivity index (χ1n) is 9.10. The number of benzene rings is 3. The highest BCUT2D eigenvalue weighted by atomic mass is 16.5. The summed E-state index contributed by atoms with van der Waals surface area (Å²) >= 11 is 0. The first kappa shape index (κ1) is 17.8. The van der Waals surface area contributed by atoms with Gasteiger partial charge in [0, 0.05) is 11.3 Å². The standard InChI is InChI=1S/C23H21N3O2/c1-15-6-11-20-21(12-15)26-23(25-20)17-4-3-5-18(14-17)24-22(27)13-16-7-9-19(28-2)10-8-16/h3-12,14H,13H2,1-2H3,(H,24,27)(H,25,26). The average molecular weight is 371 g/mol. The van der Waals surface area contributed by atoms with Gasteiger partial charge < -0.3 is 15.0 Å². The van der Waals surface area contributed by atoms with Crippen molar-refractivity contribution in [2.24, 2.45) is 0 Å². The second kappa shape index (κ2) is 7.56. The Labute approximate surface area is 163 Å². The van der Waals surface area contributed by atoms with Gasteiger partial charge in [0.2, 0.25) is 5.91 Å². The summed E-state index contributed by atoms with van der Waals surface area (Å²) < 4.78 is 5.14. The fourth-order valence-electron chi connectivity index (χ4n) is 3.14. The van der Waals surface area contributed by atoms with Gasteiger partial charge in [-0.2, -0.15) is 0 Å². The molecule has 0 saturated heterocycles. The lowest BCUT2D eigenvalue weighted by atomic mass is 10.1. The van der Waals surface area contributed by atoms with Gasteiger partial charge in [-0.1, -0.05) is 30.3 Å². The Balaban J connectivity index is 1.50. The number of imidazole rings is 1. The van der Waals surface area contributed by atoms with E-state index < -0.39 is 0 Å². The molecule has 0 radical (unpaired) electrons. The lowest BCUT2D eigenvalue weighted by molar-refractivity contribution is -0.115. The van der Waals surface area contributed by atoms with Crippen LogP contribution >= 0.6 is 0 Å². The fourth-order valence-corrected chi connectivity index (χ4v) is 3.14. The number of H-pyrrole nitrogens is 1. The minimum Gasteiger partial charge on any atom is -0.497 e. The molecule has 4 rings (SSSR count). The van der Waals surface area contributed by atoms with Gasteiger partial charge in [0.05, 0.1) is 24.6 Å². The van der Waals surface area contributed by atoms with Gasteiger partial charge in [0.25, 0.3) is 0 Å². The molecule has 0 unspecified atom stereocenters. The second-order valence-corrected chi connectivity index (χ2v) is 6.76. The van der Waals surface area contributed by atoms with Crippen LogP contribution in [0.25, 0.3) is 22.4 Å². The van der Waals surface area contributed by atoms with Crippen molar-refractivity contribution in [2.75, 3.05) is 12.4 Å². The van der Waals surface area contributed by atoms with E-state index in [0.717, 1.165) is 39.4 Å². The third-order valence-corrected chi connectivity index (χ3v) is 4.58. The second-order valence-electron chi connectivity index (χ2n) is 6.76. The number of ether oxygens (including phenoxy) is 1. The summed E-state index contributed by atoms with van der Waals surface area (Å²) in [5, 5.41) is 2.96. The van der Waals surface area contributed by atoms with Crippen LogP contribution in [-0.2, 0) is 11.2 Å². The summed E-state index contributed by atoms with van der Waals surface area (Å²) in [5.41, 5.74) is 5.71. The molecule has 28 heavy (non-hydrogen) atoms. The topological polar surface area (TPSA) is 67.0 Å². The van der Waals surface area contributed by atoms with Gasteiger partial charge in [-0.25, -0.2) is 4.98 Å². The molecule has 0 aliphatic rings. The Hall–Kier alpha value is -3.60. The number of aryl methyl sites for hydroxylation is 1. The van der Waals surface area contributed by atoms with Gasteiger partial charge in [-0.3, -0.25) is 4.79 Å². The maximum absolute atomic E-state index is 12.4. The smallest absolute Gasteiger partial charge is 0.228 e. The Morgan fingerprint density at radius 1 is 1.07 bits per heavy atom. The van der Waals surface area contributed by atoms with Crippen LogP contribution in [0.2, 0.25) is 0 Å². The summed E-state index contributed by atoms with van der Waals surface area (Å²) in [6.07, 6.45) is 0.304. The van der Waals surface area contributed by atoms with Crippen molar-refractivity contribution in [3.05, 3.63) is 77.9 Å². The first-order valence-corrected chi connectivity index (χ1v) is 9.10. The van der Waals surface area contributed by atoms with Crippen LogP contribution in [0, 0.1) is 6.92 Å². The Morgan fingerprint density at radius 3 is 2.68 bits per heavy atom. The van der Waals surface area contributed by atoms with Gasteiger partial charge in [0.1, 0.15) is 11.6 Å². The van der Waals surface area contributed by atoms with Gasteiger partial charge in [0.15, 0.2) is 0 Å². The minimum atomic E-state index is -0.0671. The average Bonchev–Trinajstić information content (AvgIpc) is 3.12. The molecule has 0 fully saturated rings. The molecule has 0 aliphatic carbocycles.